The summed E-state index contributed by atoms with van der Waals surface area (Å²) in [6, 6.07) is 6.58. The van der Waals surface area contributed by atoms with Crippen molar-refractivity contribution in [1.29, 1.82) is 0 Å². The highest BCUT2D eigenvalue weighted by atomic mass is 16.3. The number of nitrogens with one attached hydrogen (secondary N) is 2. The van der Waals surface area contributed by atoms with Gasteiger partial charge in [-0.3, -0.25) is 0 Å². The number of aliphatic hydroxyl groups excluding tert-OH is 1. The van der Waals surface area contributed by atoms with E-state index in [9.17, 15) is 0 Å². The Bertz CT molecular complexity index is 427. The van der Waals surface area contributed by atoms with E-state index in [1.807, 2.05) is 0 Å². The molecule has 0 saturated heterocycles. The number of benzene rings is 1. The van der Waals surface area contributed by atoms with Crippen molar-refractivity contribution < 1.29 is 5.11 Å². The van der Waals surface area contributed by atoms with Crippen molar-refractivity contribution in [2.45, 2.75) is 32.2 Å². The van der Waals surface area contributed by atoms with Crippen LogP contribution in [0.25, 0.3) is 0 Å². The summed E-state index contributed by atoms with van der Waals surface area (Å²) in [5.74, 6) is 0. The molecule has 1 aliphatic carbocycles. The Kier molecular flexibility index (Phi) is 3.27. The van der Waals surface area contributed by atoms with E-state index in [-0.39, 0.29) is 0 Å². The van der Waals surface area contributed by atoms with Crippen LogP contribution in [0.2, 0.25) is 0 Å². The third-order valence-electron chi connectivity index (χ3n) is 4.35. The van der Waals surface area contributed by atoms with E-state index in [4.69, 9.17) is 5.11 Å². The standard InChI is InChI=1S/C15H22N2O/c18-9-7-15(5-6-15)11-16-10-13-3-1-2-12-4-8-17-14(12)13/h1-3,16-18H,4-11H2. The highest BCUT2D eigenvalue weighted by molar-refractivity contribution is 5.61. The second-order valence-electron chi connectivity index (χ2n) is 5.71. The van der Waals surface area contributed by atoms with E-state index in [1.54, 1.807) is 0 Å². The van der Waals surface area contributed by atoms with Crippen LogP contribution < -0.4 is 10.6 Å². The second-order valence-corrected chi connectivity index (χ2v) is 5.71. The third-order valence-corrected chi connectivity index (χ3v) is 4.35. The van der Waals surface area contributed by atoms with Gasteiger partial charge in [0.25, 0.3) is 0 Å². The first-order valence-corrected chi connectivity index (χ1v) is 6.99. The predicted octanol–water partition coefficient (Wildman–Crippen LogP) is 1.91. The topological polar surface area (TPSA) is 44.3 Å². The summed E-state index contributed by atoms with van der Waals surface area (Å²) in [6.07, 6.45) is 4.64. The maximum absolute atomic E-state index is 9.05. The first-order valence-electron chi connectivity index (χ1n) is 6.99. The lowest BCUT2D eigenvalue weighted by Crippen LogP contribution is -2.24. The number of para-hydroxylation sites is 1. The Hall–Kier alpha value is -1.06. The first-order chi connectivity index (χ1) is 8.83. The molecule has 1 fully saturated rings. The van der Waals surface area contributed by atoms with E-state index in [1.165, 1.54) is 29.7 Å². The van der Waals surface area contributed by atoms with Crippen LogP contribution in [0.15, 0.2) is 18.2 Å². The number of rotatable bonds is 6. The van der Waals surface area contributed by atoms with Gasteiger partial charge in [0, 0.05) is 31.9 Å². The van der Waals surface area contributed by atoms with Gasteiger partial charge in [0.1, 0.15) is 0 Å². The van der Waals surface area contributed by atoms with Crippen LogP contribution in [0, 0.1) is 5.41 Å². The highest BCUT2D eigenvalue weighted by Gasteiger charge is 2.41. The van der Waals surface area contributed by atoms with Crippen LogP contribution in [0.4, 0.5) is 5.69 Å². The third kappa shape index (κ3) is 2.38. The van der Waals surface area contributed by atoms with Gasteiger partial charge in [0.15, 0.2) is 0 Å². The van der Waals surface area contributed by atoms with Crippen LogP contribution >= 0.6 is 0 Å². The Morgan fingerprint density at radius 2 is 2.22 bits per heavy atom. The molecule has 0 radical (unpaired) electrons. The van der Waals surface area contributed by atoms with E-state index >= 15 is 0 Å². The van der Waals surface area contributed by atoms with Gasteiger partial charge < -0.3 is 15.7 Å². The molecule has 1 saturated carbocycles. The largest absolute Gasteiger partial charge is 0.396 e. The normalized spacial score (nSPS) is 19.4. The van der Waals surface area contributed by atoms with Crippen LogP contribution in [-0.2, 0) is 13.0 Å². The minimum absolute atomic E-state index is 0.323. The molecule has 0 amide bonds. The molecule has 1 aromatic carbocycles. The fraction of sp³-hybridized carbons (Fsp3) is 0.600. The second kappa shape index (κ2) is 4.90. The smallest absolute Gasteiger partial charge is 0.0436 e. The Balaban J connectivity index is 1.56. The first kappa shape index (κ1) is 12.0. The van der Waals surface area contributed by atoms with Crippen molar-refractivity contribution >= 4 is 5.69 Å². The summed E-state index contributed by atoms with van der Waals surface area (Å²) in [5.41, 5.74) is 4.58. The molecule has 98 valence electrons. The molecule has 2 aliphatic rings. The average Bonchev–Trinajstić information content (AvgIpc) is 2.96. The van der Waals surface area contributed by atoms with E-state index in [0.717, 1.165) is 32.5 Å². The molecule has 3 nitrogen and oxygen atoms in total. The van der Waals surface area contributed by atoms with Crippen molar-refractivity contribution in [2.75, 3.05) is 25.0 Å². The summed E-state index contributed by atoms with van der Waals surface area (Å²) in [7, 11) is 0. The lowest BCUT2D eigenvalue weighted by molar-refractivity contribution is 0.245. The molecular weight excluding hydrogens is 224 g/mol. The van der Waals surface area contributed by atoms with Crippen molar-refractivity contribution in [3.63, 3.8) is 0 Å². The summed E-state index contributed by atoms with van der Waals surface area (Å²) in [6.45, 7) is 3.37. The number of anilines is 1. The van der Waals surface area contributed by atoms with Crippen LogP contribution in [0.3, 0.4) is 0 Å². The fourth-order valence-electron chi connectivity index (χ4n) is 2.95. The maximum Gasteiger partial charge on any atom is 0.0436 e. The van der Waals surface area contributed by atoms with E-state index in [0.29, 0.717) is 12.0 Å². The number of hydrogen-bond acceptors (Lipinski definition) is 3. The summed E-state index contributed by atoms with van der Waals surface area (Å²) in [4.78, 5) is 0. The Morgan fingerprint density at radius 1 is 1.33 bits per heavy atom. The molecular formula is C15H22N2O. The van der Waals surface area contributed by atoms with Crippen molar-refractivity contribution in [3.05, 3.63) is 29.3 Å². The summed E-state index contributed by atoms with van der Waals surface area (Å²) in [5, 5.41) is 16.1. The monoisotopic (exact) mass is 246 g/mol. The lowest BCUT2D eigenvalue weighted by atomic mass is 10.0. The Morgan fingerprint density at radius 3 is 3.00 bits per heavy atom. The summed E-state index contributed by atoms with van der Waals surface area (Å²) >= 11 is 0. The minimum Gasteiger partial charge on any atom is -0.396 e. The van der Waals surface area contributed by atoms with E-state index in [2.05, 4.69) is 28.8 Å². The lowest BCUT2D eigenvalue weighted by Gasteiger charge is -2.16. The number of fused-ring (bicyclic) bond motifs is 1. The zero-order chi connectivity index (χ0) is 12.4. The number of aliphatic hydroxyl groups is 1. The van der Waals surface area contributed by atoms with Crippen LogP contribution in [-0.4, -0.2) is 24.8 Å². The maximum atomic E-state index is 9.05. The van der Waals surface area contributed by atoms with Crippen molar-refractivity contribution in [1.82, 2.24) is 5.32 Å². The van der Waals surface area contributed by atoms with E-state index < -0.39 is 0 Å². The minimum atomic E-state index is 0.323. The van der Waals surface area contributed by atoms with Gasteiger partial charge in [0.05, 0.1) is 0 Å². The molecule has 3 N–H and O–H groups in total. The van der Waals surface area contributed by atoms with Gasteiger partial charge in [-0.1, -0.05) is 18.2 Å². The zero-order valence-corrected chi connectivity index (χ0v) is 10.8. The Labute approximate surface area is 109 Å². The molecule has 1 heterocycles. The fourth-order valence-corrected chi connectivity index (χ4v) is 2.95. The molecule has 0 unspecified atom stereocenters. The molecule has 0 spiro atoms. The van der Waals surface area contributed by atoms with Crippen molar-refractivity contribution in [2.24, 2.45) is 5.41 Å². The van der Waals surface area contributed by atoms with Gasteiger partial charge >= 0.3 is 0 Å². The van der Waals surface area contributed by atoms with Gasteiger partial charge in [0.2, 0.25) is 0 Å². The summed E-state index contributed by atoms with van der Waals surface area (Å²) < 4.78 is 0. The number of hydrogen-bond donors (Lipinski definition) is 3. The van der Waals surface area contributed by atoms with Gasteiger partial charge in [-0.15, -0.1) is 0 Å². The SMILES string of the molecule is OCCC1(CNCc2cccc3c2NCC3)CC1. The quantitative estimate of drug-likeness (QED) is 0.718. The van der Waals surface area contributed by atoms with Crippen molar-refractivity contribution in [3.8, 4) is 0 Å². The predicted molar refractivity (Wildman–Crippen MR) is 73.7 cm³/mol. The molecule has 3 rings (SSSR count). The molecule has 0 aromatic heterocycles. The molecule has 3 heteroatoms. The molecule has 0 atom stereocenters. The highest BCUT2D eigenvalue weighted by Crippen LogP contribution is 2.47. The van der Waals surface area contributed by atoms with Gasteiger partial charge in [-0.25, -0.2) is 0 Å². The molecule has 0 bridgehead atoms. The van der Waals surface area contributed by atoms with Crippen LogP contribution in [0.1, 0.15) is 30.4 Å². The molecule has 18 heavy (non-hydrogen) atoms. The zero-order valence-electron chi connectivity index (χ0n) is 10.8. The molecule has 1 aromatic rings. The van der Waals surface area contributed by atoms with Gasteiger partial charge in [-0.2, -0.15) is 0 Å². The van der Waals surface area contributed by atoms with Crippen LogP contribution in [0.5, 0.6) is 0 Å². The average molecular weight is 246 g/mol. The van der Waals surface area contributed by atoms with Gasteiger partial charge in [-0.05, 0) is 42.2 Å². The molecule has 1 aliphatic heterocycles.